The first-order valence-electron chi connectivity index (χ1n) is 4.58. The van der Waals surface area contributed by atoms with Crippen LogP contribution in [0.2, 0.25) is 8.67 Å². The summed E-state index contributed by atoms with van der Waals surface area (Å²) in [6, 6.07) is 0.953. The lowest BCUT2D eigenvalue weighted by Gasteiger charge is -2.23. The molecule has 1 aromatic heterocycles. The van der Waals surface area contributed by atoms with Crippen molar-refractivity contribution in [3.05, 3.63) is 20.3 Å². The normalized spacial score (nSPS) is 13.5. The van der Waals surface area contributed by atoms with Gasteiger partial charge in [-0.1, -0.05) is 28.4 Å². The number of nitrogens with two attached hydrogens (primary N) is 1. The third-order valence-electron chi connectivity index (χ3n) is 2.33. The number of thiophene rings is 1. The second-order valence-corrected chi connectivity index (χ2v) is 5.64. The Morgan fingerprint density at radius 1 is 1.65 bits per heavy atom. The second kappa shape index (κ2) is 5.57. The highest BCUT2D eigenvalue weighted by Gasteiger charge is 2.23. The van der Waals surface area contributed by atoms with Gasteiger partial charge in [0.05, 0.1) is 15.9 Å². The van der Waals surface area contributed by atoms with E-state index in [0.717, 1.165) is 11.3 Å². The van der Waals surface area contributed by atoms with Crippen LogP contribution in [0.1, 0.15) is 17.3 Å². The molecule has 0 spiro atoms. The minimum Gasteiger partial charge on any atom is -0.409 e. The number of likely N-dealkylation sites (N-methyl/N-ethyl adjacent to an activating group) is 1. The maximum absolute atomic E-state index is 12.0. The van der Waals surface area contributed by atoms with E-state index in [9.17, 15) is 4.79 Å². The molecule has 94 valence electrons. The van der Waals surface area contributed by atoms with Crippen molar-refractivity contribution in [2.45, 2.75) is 13.0 Å². The number of nitrogens with zero attached hydrogens (tertiary/aromatic N) is 2. The number of rotatable bonds is 3. The van der Waals surface area contributed by atoms with E-state index in [2.05, 4.69) is 5.16 Å². The predicted octanol–water partition coefficient (Wildman–Crippen LogP) is 2.26. The van der Waals surface area contributed by atoms with Gasteiger partial charge < -0.3 is 15.8 Å². The summed E-state index contributed by atoms with van der Waals surface area (Å²) in [5.74, 6) is -0.393. The first-order valence-corrected chi connectivity index (χ1v) is 6.15. The molecular weight excluding hydrogens is 285 g/mol. The van der Waals surface area contributed by atoms with Crippen LogP contribution in [0.25, 0.3) is 0 Å². The minimum absolute atomic E-state index is 0.0571. The van der Waals surface area contributed by atoms with Crippen LogP contribution in [-0.4, -0.2) is 34.9 Å². The summed E-state index contributed by atoms with van der Waals surface area (Å²) in [5.41, 5.74) is 5.73. The molecular formula is C9H11Cl2N3O2S. The third kappa shape index (κ3) is 3.02. The van der Waals surface area contributed by atoms with Crippen molar-refractivity contribution in [1.82, 2.24) is 4.90 Å². The molecule has 1 aromatic rings. The molecule has 8 heteroatoms. The van der Waals surface area contributed by atoms with Crippen molar-refractivity contribution in [3.63, 3.8) is 0 Å². The minimum atomic E-state index is -0.540. The molecule has 0 bridgehead atoms. The Balaban J connectivity index is 2.94. The second-order valence-electron chi connectivity index (χ2n) is 3.35. The van der Waals surface area contributed by atoms with Gasteiger partial charge in [0.15, 0.2) is 5.84 Å². The van der Waals surface area contributed by atoms with Crippen molar-refractivity contribution >= 4 is 46.3 Å². The summed E-state index contributed by atoms with van der Waals surface area (Å²) in [6.07, 6.45) is 0. The van der Waals surface area contributed by atoms with Crippen molar-refractivity contribution < 1.29 is 10.0 Å². The van der Waals surface area contributed by atoms with E-state index in [4.69, 9.17) is 34.1 Å². The summed E-state index contributed by atoms with van der Waals surface area (Å²) in [4.78, 5) is 13.4. The van der Waals surface area contributed by atoms with Crippen LogP contribution in [0.15, 0.2) is 11.2 Å². The highest BCUT2D eigenvalue weighted by molar-refractivity contribution is 7.20. The van der Waals surface area contributed by atoms with Gasteiger partial charge in [-0.05, 0) is 13.0 Å². The number of amides is 1. The molecule has 17 heavy (non-hydrogen) atoms. The van der Waals surface area contributed by atoms with Crippen LogP contribution in [0.5, 0.6) is 0 Å². The lowest BCUT2D eigenvalue weighted by atomic mass is 10.2. The smallest absolute Gasteiger partial charge is 0.256 e. The van der Waals surface area contributed by atoms with Crippen molar-refractivity contribution in [2.24, 2.45) is 10.9 Å². The number of hydrogen-bond acceptors (Lipinski definition) is 4. The molecule has 1 rings (SSSR count). The molecule has 1 heterocycles. The highest BCUT2D eigenvalue weighted by Crippen LogP contribution is 2.31. The number of carbonyl (C=O) groups is 1. The Morgan fingerprint density at radius 3 is 2.65 bits per heavy atom. The molecule has 1 atom stereocenters. The van der Waals surface area contributed by atoms with E-state index in [1.54, 1.807) is 6.92 Å². The molecule has 0 saturated carbocycles. The number of hydrogen-bond donors (Lipinski definition) is 2. The summed E-state index contributed by atoms with van der Waals surface area (Å²) in [5, 5.41) is 11.4. The molecule has 0 radical (unpaired) electrons. The van der Waals surface area contributed by atoms with Crippen LogP contribution in [-0.2, 0) is 0 Å². The maximum atomic E-state index is 12.0. The summed E-state index contributed by atoms with van der Waals surface area (Å²) >= 11 is 12.7. The lowest BCUT2D eigenvalue weighted by molar-refractivity contribution is 0.0777. The van der Waals surface area contributed by atoms with Gasteiger partial charge in [-0.3, -0.25) is 4.79 Å². The molecule has 0 fully saturated rings. The van der Waals surface area contributed by atoms with Crippen LogP contribution in [0.3, 0.4) is 0 Å². The number of amidine groups is 1. The Kier molecular flexibility index (Phi) is 4.62. The molecule has 0 aliphatic heterocycles. The Hall–Kier alpha value is -0.980. The molecule has 1 amide bonds. The standard InChI is InChI=1S/C9H11Cl2N3O2S/c1-4(8(12)13-16)14(2)9(15)5-3-6(10)17-7(5)11/h3-4,16H,1-2H3,(H2,12,13). The summed E-state index contributed by atoms with van der Waals surface area (Å²) in [6.45, 7) is 1.63. The van der Waals surface area contributed by atoms with Crippen molar-refractivity contribution in [1.29, 1.82) is 0 Å². The van der Waals surface area contributed by atoms with Crippen molar-refractivity contribution in [3.8, 4) is 0 Å². The van der Waals surface area contributed by atoms with E-state index in [1.165, 1.54) is 18.0 Å². The van der Waals surface area contributed by atoms with Gasteiger partial charge in [0.1, 0.15) is 4.34 Å². The van der Waals surface area contributed by atoms with Gasteiger partial charge in [0.2, 0.25) is 0 Å². The van der Waals surface area contributed by atoms with E-state index < -0.39 is 6.04 Å². The van der Waals surface area contributed by atoms with Crippen molar-refractivity contribution in [2.75, 3.05) is 7.05 Å². The highest BCUT2D eigenvalue weighted by atomic mass is 35.5. The average Bonchev–Trinajstić information content (AvgIpc) is 2.64. The van der Waals surface area contributed by atoms with Gasteiger partial charge in [-0.25, -0.2) is 0 Å². The largest absolute Gasteiger partial charge is 0.409 e. The van der Waals surface area contributed by atoms with Gasteiger partial charge in [0, 0.05) is 7.05 Å². The number of oxime groups is 1. The Bertz CT molecular complexity index is 461. The Morgan fingerprint density at radius 2 is 2.24 bits per heavy atom. The van der Waals surface area contributed by atoms with Gasteiger partial charge in [-0.15, -0.1) is 11.3 Å². The number of carbonyl (C=O) groups excluding carboxylic acids is 1. The quantitative estimate of drug-likeness (QED) is 0.388. The first kappa shape index (κ1) is 14.1. The molecule has 0 saturated heterocycles. The van der Waals surface area contributed by atoms with Gasteiger partial charge in [-0.2, -0.15) is 0 Å². The number of halogens is 2. The van der Waals surface area contributed by atoms with Crippen LogP contribution >= 0.6 is 34.5 Å². The third-order valence-corrected chi connectivity index (χ3v) is 3.82. The topological polar surface area (TPSA) is 78.9 Å². The maximum Gasteiger partial charge on any atom is 0.256 e. The van der Waals surface area contributed by atoms with Crippen LogP contribution in [0, 0.1) is 0 Å². The lowest BCUT2D eigenvalue weighted by Crippen LogP contribution is -2.43. The zero-order valence-corrected chi connectivity index (χ0v) is 11.5. The molecule has 0 aliphatic carbocycles. The van der Waals surface area contributed by atoms with E-state index >= 15 is 0 Å². The monoisotopic (exact) mass is 295 g/mol. The summed E-state index contributed by atoms with van der Waals surface area (Å²) in [7, 11) is 1.53. The van der Waals surface area contributed by atoms with E-state index in [-0.39, 0.29) is 11.7 Å². The zero-order chi connectivity index (χ0) is 13.2. The fraction of sp³-hybridized carbons (Fsp3) is 0.333. The predicted molar refractivity (Wildman–Crippen MR) is 69.3 cm³/mol. The van der Waals surface area contributed by atoms with E-state index in [0.29, 0.717) is 14.2 Å². The molecule has 3 N–H and O–H groups in total. The molecule has 1 unspecified atom stereocenters. The molecule has 0 aromatic carbocycles. The average molecular weight is 296 g/mol. The molecule has 0 aliphatic rings. The van der Waals surface area contributed by atoms with Gasteiger partial charge >= 0.3 is 0 Å². The zero-order valence-electron chi connectivity index (χ0n) is 9.15. The summed E-state index contributed by atoms with van der Waals surface area (Å²) < 4.78 is 0.752. The SMILES string of the molecule is CC(/C(N)=N/O)N(C)C(=O)c1cc(Cl)sc1Cl. The van der Waals surface area contributed by atoms with Crippen LogP contribution in [0.4, 0.5) is 0 Å². The fourth-order valence-electron chi connectivity index (χ4n) is 1.13. The Labute approximate surface area is 112 Å². The molecule has 5 nitrogen and oxygen atoms in total. The van der Waals surface area contributed by atoms with Gasteiger partial charge in [0.25, 0.3) is 5.91 Å². The first-order chi connectivity index (χ1) is 7.88. The van der Waals surface area contributed by atoms with Crippen LogP contribution < -0.4 is 5.73 Å². The fourth-order valence-corrected chi connectivity index (χ4v) is 2.58. The van der Waals surface area contributed by atoms with E-state index in [1.807, 2.05) is 0 Å².